The number of hydrogen-bond donors (Lipinski definition) is 0. The maximum Gasteiger partial charge on any atom is 0.357 e. The smallest absolute Gasteiger partial charge is 0.357 e. The highest BCUT2D eigenvalue weighted by molar-refractivity contribution is 6.35. The van der Waals surface area contributed by atoms with E-state index in [4.69, 9.17) is 27.9 Å². The average Bonchev–Trinajstić information content (AvgIpc) is 2.89. The van der Waals surface area contributed by atoms with Crippen LogP contribution in [0.4, 0.5) is 0 Å². The minimum absolute atomic E-state index is 0.0297. The molecule has 0 fully saturated rings. The molecule has 5 nitrogen and oxygen atoms in total. The van der Waals surface area contributed by atoms with Crippen LogP contribution in [0.3, 0.4) is 0 Å². The van der Waals surface area contributed by atoms with E-state index >= 15 is 0 Å². The number of fused-ring (bicyclic) bond motifs is 1. The Morgan fingerprint density at radius 1 is 1.23 bits per heavy atom. The number of ether oxygens (including phenoxy) is 1. The van der Waals surface area contributed by atoms with E-state index in [2.05, 4.69) is 9.97 Å². The first-order valence-electron chi connectivity index (χ1n) is 6.45. The molecule has 0 N–H and O–H groups in total. The van der Waals surface area contributed by atoms with Crippen LogP contribution in [-0.2, 0) is 11.3 Å². The van der Waals surface area contributed by atoms with Crippen molar-refractivity contribution in [1.82, 2.24) is 14.4 Å². The van der Waals surface area contributed by atoms with Gasteiger partial charge in [0, 0.05) is 24.2 Å². The normalized spacial score (nSPS) is 10.9. The number of imidazole rings is 1. The lowest BCUT2D eigenvalue weighted by Gasteiger charge is -2.08. The van der Waals surface area contributed by atoms with Gasteiger partial charge in [-0.05, 0) is 18.6 Å². The molecule has 0 bridgehead atoms. The monoisotopic (exact) mass is 335 g/mol. The van der Waals surface area contributed by atoms with Crippen molar-refractivity contribution in [3.8, 4) is 0 Å². The number of pyridine rings is 2. The van der Waals surface area contributed by atoms with Gasteiger partial charge in [0.05, 0.1) is 16.2 Å². The first-order chi connectivity index (χ1) is 10.6. The number of carbonyl (C=O) groups excluding carboxylic acids is 1. The third-order valence-corrected chi connectivity index (χ3v) is 3.81. The van der Waals surface area contributed by atoms with Crippen LogP contribution in [0.2, 0.25) is 10.0 Å². The Hall–Kier alpha value is -2.11. The van der Waals surface area contributed by atoms with E-state index < -0.39 is 5.97 Å². The highest BCUT2D eigenvalue weighted by Gasteiger charge is 2.15. The molecule has 22 heavy (non-hydrogen) atoms. The fourth-order valence-electron chi connectivity index (χ4n) is 2.03. The number of carbonyl (C=O) groups is 1. The van der Waals surface area contributed by atoms with E-state index in [1.165, 1.54) is 18.6 Å². The number of halogens is 2. The van der Waals surface area contributed by atoms with E-state index in [0.29, 0.717) is 26.9 Å². The van der Waals surface area contributed by atoms with E-state index in [9.17, 15) is 4.79 Å². The molecule has 0 aliphatic rings. The van der Waals surface area contributed by atoms with Crippen molar-refractivity contribution in [1.29, 1.82) is 0 Å². The summed E-state index contributed by atoms with van der Waals surface area (Å²) in [4.78, 5) is 20.3. The van der Waals surface area contributed by atoms with Crippen LogP contribution in [0.5, 0.6) is 0 Å². The summed E-state index contributed by atoms with van der Waals surface area (Å²) in [5.41, 5.74) is 2.56. The predicted molar refractivity (Wildman–Crippen MR) is 83.3 cm³/mol. The second-order valence-electron chi connectivity index (χ2n) is 4.74. The lowest BCUT2D eigenvalue weighted by Crippen LogP contribution is -2.09. The number of hydrogen-bond acceptors (Lipinski definition) is 4. The van der Waals surface area contributed by atoms with Crippen molar-refractivity contribution in [2.75, 3.05) is 0 Å². The zero-order chi connectivity index (χ0) is 15.7. The van der Waals surface area contributed by atoms with Crippen molar-refractivity contribution in [2.45, 2.75) is 13.5 Å². The van der Waals surface area contributed by atoms with Crippen LogP contribution in [0.25, 0.3) is 5.65 Å². The average molecular weight is 336 g/mol. The number of rotatable bonds is 3. The van der Waals surface area contributed by atoms with E-state index in [-0.39, 0.29) is 6.61 Å². The minimum Gasteiger partial charge on any atom is -0.456 e. The maximum absolute atomic E-state index is 12.2. The molecule has 0 aromatic carbocycles. The summed E-state index contributed by atoms with van der Waals surface area (Å²) in [7, 11) is 0. The molecule has 0 amide bonds. The van der Waals surface area contributed by atoms with Gasteiger partial charge in [-0.3, -0.25) is 9.38 Å². The number of esters is 1. The van der Waals surface area contributed by atoms with Gasteiger partial charge < -0.3 is 4.74 Å². The highest BCUT2D eigenvalue weighted by Crippen LogP contribution is 2.24. The molecule has 0 aliphatic heterocycles. The van der Waals surface area contributed by atoms with E-state index in [1.54, 1.807) is 4.40 Å². The van der Waals surface area contributed by atoms with Gasteiger partial charge in [-0.15, -0.1) is 0 Å². The Kier molecular flexibility index (Phi) is 4.00. The molecule has 3 heterocycles. The molecule has 3 aromatic heterocycles. The Labute approximate surface area is 136 Å². The fourth-order valence-corrected chi connectivity index (χ4v) is 2.50. The van der Waals surface area contributed by atoms with Gasteiger partial charge >= 0.3 is 5.97 Å². The zero-order valence-corrected chi connectivity index (χ0v) is 13.1. The topological polar surface area (TPSA) is 56.5 Å². The molecule has 0 aliphatic carbocycles. The number of aryl methyl sites for hydroxylation is 1. The predicted octanol–water partition coefficient (Wildman–Crippen LogP) is 3.70. The Morgan fingerprint density at radius 2 is 1.95 bits per heavy atom. The molecule has 0 saturated heterocycles. The largest absolute Gasteiger partial charge is 0.456 e. The van der Waals surface area contributed by atoms with Crippen molar-refractivity contribution < 1.29 is 9.53 Å². The fraction of sp³-hybridized carbons (Fsp3) is 0.133. The summed E-state index contributed by atoms with van der Waals surface area (Å²) in [6, 6.07) is 3.76. The standard InChI is InChI=1S/C15H11Cl2N3O2/c1-9-2-3-14-19-6-13(20(14)7-9)15(21)22-8-10-11(16)4-18-5-12(10)17/h2-7H,8H2,1H3. The molecule has 3 aromatic rings. The second-order valence-corrected chi connectivity index (χ2v) is 5.55. The van der Waals surface area contributed by atoms with Crippen LogP contribution >= 0.6 is 23.2 Å². The number of nitrogens with zero attached hydrogens (tertiary/aromatic N) is 3. The molecule has 0 unspecified atom stereocenters. The Morgan fingerprint density at radius 3 is 2.68 bits per heavy atom. The van der Waals surface area contributed by atoms with Gasteiger partial charge in [0.1, 0.15) is 12.3 Å². The van der Waals surface area contributed by atoms with Crippen LogP contribution in [0.15, 0.2) is 36.9 Å². The van der Waals surface area contributed by atoms with Crippen LogP contribution in [-0.4, -0.2) is 20.3 Å². The quantitative estimate of drug-likeness (QED) is 0.685. The molecule has 7 heteroatoms. The third-order valence-electron chi connectivity index (χ3n) is 3.16. The number of aromatic nitrogens is 3. The van der Waals surface area contributed by atoms with Crippen LogP contribution in [0, 0.1) is 6.92 Å². The molecule has 112 valence electrons. The van der Waals surface area contributed by atoms with Gasteiger partial charge in [0.2, 0.25) is 0 Å². The van der Waals surface area contributed by atoms with Crippen LogP contribution in [0.1, 0.15) is 21.6 Å². The summed E-state index contributed by atoms with van der Waals surface area (Å²) in [6.07, 6.45) is 6.21. The minimum atomic E-state index is -0.498. The van der Waals surface area contributed by atoms with Crippen molar-refractivity contribution in [3.05, 3.63) is 63.8 Å². The molecule has 0 saturated carbocycles. The summed E-state index contributed by atoms with van der Waals surface area (Å²) in [5.74, 6) is -0.498. The highest BCUT2D eigenvalue weighted by atomic mass is 35.5. The van der Waals surface area contributed by atoms with Gasteiger partial charge in [-0.2, -0.15) is 0 Å². The molecule has 3 rings (SSSR count). The van der Waals surface area contributed by atoms with Crippen molar-refractivity contribution in [2.24, 2.45) is 0 Å². The van der Waals surface area contributed by atoms with Crippen molar-refractivity contribution in [3.63, 3.8) is 0 Å². The lowest BCUT2D eigenvalue weighted by atomic mass is 10.3. The van der Waals surface area contributed by atoms with E-state index in [0.717, 1.165) is 5.56 Å². The SMILES string of the molecule is Cc1ccc2ncc(C(=O)OCc3c(Cl)cncc3Cl)n2c1. The Bertz CT molecular complexity index is 841. The second kappa shape index (κ2) is 5.94. The molecular weight excluding hydrogens is 325 g/mol. The van der Waals surface area contributed by atoms with E-state index in [1.807, 2.05) is 25.3 Å². The maximum atomic E-state index is 12.2. The first kappa shape index (κ1) is 14.8. The van der Waals surface area contributed by atoms with Crippen LogP contribution < -0.4 is 0 Å². The zero-order valence-electron chi connectivity index (χ0n) is 11.6. The molecule has 0 radical (unpaired) electrons. The third kappa shape index (κ3) is 2.77. The molecular formula is C15H11Cl2N3O2. The lowest BCUT2D eigenvalue weighted by molar-refractivity contribution is 0.0464. The summed E-state index contributed by atoms with van der Waals surface area (Å²) >= 11 is 12.0. The van der Waals surface area contributed by atoms with Gasteiger partial charge in [0.15, 0.2) is 5.69 Å². The van der Waals surface area contributed by atoms with Crippen molar-refractivity contribution >= 4 is 34.8 Å². The summed E-state index contributed by atoms with van der Waals surface area (Å²) in [6.45, 7) is 1.91. The summed E-state index contributed by atoms with van der Waals surface area (Å²) < 4.78 is 6.97. The first-order valence-corrected chi connectivity index (χ1v) is 7.20. The summed E-state index contributed by atoms with van der Waals surface area (Å²) in [5, 5.41) is 0.712. The molecule has 0 spiro atoms. The van der Waals surface area contributed by atoms with Gasteiger partial charge in [-0.25, -0.2) is 9.78 Å². The van der Waals surface area contributed by atoms with Gasteiger partial charge in [0.25, 0.3) is 0 Å². The van der Waals surface area contributed by atoms with Gasteiger partial charge in [-0.1, -0.05) is 29.3 Å². The Balaban J connectivity index is 1.83. The molecule has 0 atom stereocenters.